The molecule has 0 atom stereocenters. The quantitative estimate of drug-likeness (QED) is 0.643. The van der Waals surface area contributed by atoms with Crippen LogP contribution >= 0.6 is 0 Å². The highest BCUT2D eigenvalue weighted by Gasteiger charge is 2.22. The molecule has 5 heteroatoms. The monoisotopic (exact) mass is 208 g/mol. The highest BCUT2D eigenvalue weighted by Crippen LogP contribution is 2.29. The number of hydrogen-bond acceptors (Lipinski definition) is 3. The Labute approximate surface area is 85.2 Å². The Morgan fingerprint density at radius 3 is 2.93 bits per heavy atom. The minimum atomic E-state index is -1.09. The van der Waals surface area contributed by atoms with Crippen molar-refractivity contribution in [2.45, 2.75) is 0 Å². The van der Waals surface area contributed by atoms with Crippen LogP contribution in [0.15, 0.2) is 23.8 Å². The molecule has 0 saturated heterocycles. The summed E-state index contributed by atoms with van der Waals surface area (Å²) in [6.45, 7) is 0.0368. The van der Waals surface area contributed by atoms with Crippen LogP contribution in [-0.2, 0) is 4.79 Å². The summed E-state index contributed by atoms with van der Waals surface area (Å²) in [6.07, 6.45) is 0. The van der Waals surface area contributed by atoms with Crippen LogP contribution in [-0.4, -0.2) is 17.6 Å². The molecule has 2 rings (SSSR count). The van der Waals surface area contributed by atoms with E-state index in [4.69, 9.17) is 10.8 Å². The molecule has 0 aliphatic carbocycles. The van der Waals surface area contributed by atoms with Crippen LogP contribution in [0.5, 0.6) is 0 Å². The van der Waals surface area contributed by atoms with E-state index in [1.807, 2.05) is 0 Å². The lowest BCUT2D eigenvalue weighted by molar-refractivity contribution is -0.132. The molecule has 1 aliphatic rings. The Balaban J connectivity index is 2.62. The second kappa shape index (κ2) is 3.27. The average Bonchev–Trinajstić information content (AvgIpc) is 2.19. The highest BCUT2D eigenvalue weighted by atomic mass is 19.1. The maximum atomic E-state index is 13.3. The molecule has 0 spiro atoms. The van der Waals surface area contributed by atoms with Crippen LogP contribution in [0, 0.1) is 5.82 Å². The van der Waals surface area contributed by atoms with Gasteiger partial charge in [0.05, 0.1) is 17.0 Å². The fourth-order valence-corrected chi connectivity index (χ4v) is 1.55. The zero-order valence-corrected chi connectivity index (χ0v) is 7.75. The van der Waals surface area contributed by atoms with Gasteiger partial charge in [0.25, 0.3) is 0 Å². The molecule has 1 aromatic carbocycles. The summed E-state index contributed by atoms with van der Waals surface area (Å²) in [5.41, 5.74) is 6.50. The Bertz CT molecular complexity index is 468. The van der Waals surface area contributed by atoms with Crippen molar-refractivity contribution >= 4 is 17.4 Å². The largest absolute Gasteiger partial charge is 0.478 e. The van der Waals surface area contributed by atoms with E-state index in [2.05, 4.69) is 5.32 Å². The number of nitrogens with two attached hydrogens (primary N) is 1. The van der Waals surface area contributed by atoms with Crippen molar-refractivity contribution in [1.82, 2.24) is 0 Å². The van der Waals surface area contributed by atoms with Gasteiger partial charge in [0.2, 0.25) is 0 Å². The second-order valence-electron chi connectivity index (χ2n) is 3.21. The van der Waals surface area contributed by atoms with Crippen molar-refractivity contribution in [2.75, 3.05) is 11.9 Å². The van der Waals surface area contributed by atoms with Gasteiger partial charge in [-0.1, -0.05) is 12.1 Å². The number of halogens is 1. The van der Waals surface area contributed by atoms with Crippen molar-refractivity contribution < 1.29 is 14.3 Å². The normalized spacial score (nSPS) is 14.5. The Morgan fingerprint density at radius 2 is 2.27 bits per heavy atom. The molecule has 78 valence electrons. The lowest BCUT2D eigenvalue weighted by Crippen LogP contribution is -2.23. The molecule has 0 radical (unpaired) electrons. The molecule has 1 aliphatic heterocycles. The molecule has 0 unspecified atom stereocenters. The zero-order chi connectivity index (χ0) is 11.0. The Kier molecular flexibility index (Phi) is 2.07. The number of fused-ring (bicyclic) bond motifs is 1. The first kappa shape index (κ1) is 9.51. The van der Waals surface area contributed by atoms with E-state index < -0.39 is 11.8 Å². The van der Waals surface area contributed by atoms with Crippen LogP contribution in [0.1, 0.15) is 5.56 Å². The minimum Gasteiger partial charge on any atom is -0.478 e. The van der Waals surface area contributed by atoms with Gasteiger partial charge in [-0.05, 0) is 6.07 Å². The maximum Gasteiger partial charge on any atom is 0.335 e. The third kappa shape index (κ3) is 1.41. The maximum absolute atomic E-state index is 13.3. The molecule has 4 nitrogen and oxygen atoms in total. The van der Waals surface area contributed by atoms with Gasteiger partial charge in [-0.3, -0.25) is 0 Å². The highest BCUT2D eigenvalue weighted by molar-refractivity contribution is 5.99. The van der Waals surface area contributed by atoms with E-state index in [0.717, 1.165) is 0 Å². The lowest BCUT2D eigenvalue weighted by Gasteiger charge is -2.20. The standard InChI is InChI=1S/C10H9FN2O2/c11-7-3-1-2-5-8(12)6(10(14)15)4-13-9(5)7/h1-3,13H,4,12H2,(H,14,15). The number of carboxylic acids is 1. The van der Waals surface area contributed by atoms with Gasteiger partial charge in [0.1, 0.15) is 5.82 Å². The van der Waals surface area contributed by atoms with Crippen molar-refractivity contribution in [3.8, 4) is 0 Å². The predicted octanol–water partition coefficient (Wildman–Crippen LogP) is 1.01. The summed E-state index contributed by atoms with van der Waals surface area (Å²) in [5.74, 6) is -1.52. The van der Waals surface area contributed by atoms with Crippen molar-refractivity contribution in [3.05, 3.63) is 35.2 Å². The molecule has 0 saturated carbocycles. The molecule has 0 fully saturated rings. The van der Waals surface area contributed by atoms with E-state index in [-0.39, 0.29) is 23.5 Å². The van der Waals surface area contributed by atoms with Gasteiger partial charge < -0.3 is 16.2 Å². The number of benzene rings is 1. The molecule has 1 aromatic rings. The number of anilines is 1. The van der Waals surface area contributed by atoms with E-state index >= 15 is 0 Å². The topological polar surface area (TPSA) is 75.4 Å². The van der Waals surface area contributed by atoms with Crippen molar-refractivity contribution in [1.29, 1.82) is 0 Å². The van der Waals surface area contributed by atoms with Gasteiger partial charge in [-0.25, -0.2) is 9.18 Å². The van der Waals surface area contributed by atoms with Crippen LogP contribution in [0.4, 0.5) is 10.1 Å². The molecule has 15 heavy (non-hydrogen) atoms. The van der Waals surface area contributed by atoms with Crippen LogP contribution in [0.3, 0.4) is 0 Å². The van der Waals surface area contributed by atoms with Crippen LogP contribution in [0.2, 0.25) is 0 Å². The smallest absolute Gasteiger partial charge is 0.335 e. The van der Waals surface area contributed by atoms with Gasteiger partial charge in [0, 0.05) is 12.1 Å². The van der Waals surface area contributed by atoms with E-state index in [9.17, 15) is 9.18 Å². The number of nitrogens with one attached hydrogen (secondary N) is 1. The average molecular weight is 208 g/mol. The van der Waals surface area contributed by atoms with Crippen molar-refractivity contribution in [3.63, 3.8) is 0 Å². The number of carbonyl (C=O) groups is 1. The first-order valence-corrected chi connectivity index (χ1v) is 4.36. The first-order chi connectivity index (χ1) is 7.11. The Hall–Kier alpha value is -2.04. The molecule has 0 amide bonds. The summed E-state index contributed by atoms with van der Waals surface area (Å²) < 4.78 is 13.3. The van der Waals surface area contributed by atoms with Gasteiger partial charge in [-0.2, -0.15) is 0 Å². The second-order valence-corrected chi connectivity index (χ2v) is 3.21. The summed E-state index contributed by atoms with van der Waals surface area (Å²) in [5, 5.41) is 11.5. The number of aliphatic carboxylic acids is 1. The Morgan fingerprint density at radius 1 is 1.53 bits per heavy atom. The number of hydrogen-bond donors (Lipinski definition) is 3. The third-order valence-electron chi connectivity index (χ3n) is 2.33. The molecule has 1 heterocycles. The van der Waals surface area contributed by atoms with Gasteiger partial charge in [-0.15, -0.1) is 0 Å². The van der Waals surface area contributed by atoms with E-state index in [1.165, 1.54) is 12.1 Å². The SMILES string of the molecule is NC1=C(C(=O)O)CNc2c(F)cccc21. The van der Waals surface area contributed by atoms with Crippen molar-refractivity contribution in [2.24, 2.45) is 5.73 Å². The van der Waals surface area contributed by atoms with E-state index in [0.29, 0.717) is 5.56 Å². The molecular weight excluding hydrogens is 199 g/mol. The lowest BCUT2D eigenvalue weighted by atomic mass is 10.0. The molecular formula is C10H9FN2O2. The zero-order valence-electron chi connectivity index (χ0n) is 7.75. The minimum absolute atomic E-state index is 0.0368. The summed E-state index contributed by atoms with van der Waals surface area (Å²) in [7, 11) is 0. The fourth-order valence-electron chi connectivity index (χ4n) is 1.55. The fraction of sp³-hybridized carbons (Fsp3) is 0.100. The summed E-state index contributed by atoms with van der Waals surface area (Å²) in [6, 6.07) is 4.38. The molecule has 0 aromatic heterocycles. The third-order valence-corrected chi connectivity index (χ3v) is 2.33. The van der Waals surface area contributed by atoms with Gasteiger partial charge >= 0.3 is 5.97 Å². The first-order valence-electron chi connectivity index (χ1n) is 4.36. The molecule has 4 N–H and O–H groups in total. The number of para-hydroxylation sites is 1. The predicted molar refractivity (Wildman–Crippen MR) is 53.6 cm³/mol. The number of carboxylic acid groups (broad SMARTS) is 1. The van der Waals surface area contributed by atoms with Gasteiger partial charge in [0.15, 0.2) is 0 Å². The number of rotatable bonds is 1. The molecule has 0 bridgehead atoms. The summed E-state index contributed by atoms with van der Waals surface area (Å²) >= 11 is 0. The van der Waals surface area contributed by atoms with E-state index in [1.54, 1.807) is 6.07 Å². The summed E-state index contributed by atoms with van der Waals surface area (Å²) in [4.78, 5) is 10.8. The van der Waals surface area contributed by atoms with Crippen LogP contribution in [0.25, 0.3) is 5.70 Å². The van der Waals surface area contributed by atoms with Crippen LogP contribution < -0.4 is 11.1 Å².